The van der Waals surface area contributed by atoms with E-state index in [9.17, 15) is 14.0 Å². The molecule has 1 aromatic heterocycles. The molecule has 1 amide bonds. The maximum atomic E-state index is 13.7. The van der Waals surface area contributed by atoms with Crippen LogP contribution in [0.5, 0.6) is 0 Å². The number of benzene rings is 1. The molecule has 0 saturated carbocycles. The molecule has 6 heteroatoms. The van der Waals surface area contributed by atoms with Gasteiger partial charge in [-0.15, -0.1) is 0 Å². The number of furan rings is 1. The monoisotopic (exact) mass is 305 g/mol. The van der Waals surface area contributed by atoms with Crippen LogP contribution in [0.4, 0.5) is 4.39 Å². The zero-order valence-corrected chi connectivity index (χ0v) is 12.2. The minimum atomic E-state index is -0.980. The SMILES string of the molecule is CC(CN(C)C(=O)c1ccc(-c2ccccc2F)o1)C(=O)O. The predicted octanol–water partition coefficient (Wildman–Crippen LogP) is 2.88. The Bertz CT molecular complexity index is 695. The van der Waals surface area contributed by atoms with Gasteiger partial charge in [0.05, 0.1) is 11.5 Å². The Morgan fingerprint density at radius 1 is 1.27 bits per heavy atom. The molecule has 0 aliphatic rings. The second-order valence-electron chi connectivity index (χ2n) is 5.07. The van der Waals surface area contributed by atoms with Crippen molar-refractivity contribution in [2.24, 2.45) is 5.92 Å². The zero-order valence-electron chi connectivity index (χ0n) is 12.2. The van der Waals surface area contributed by atoms with Gasteiger partial charge in [-0.05, 0) is 24.3 Å². The molecule has 0 radical (unpaired) electrons. The maximum Gasteiger partial charge on any atom is 0.308 e. The van der Waals surface area contributed by atoms with Crippen LogP contribution in [0.2, 0.25) is 0 Å². The molecular formula is C16H16FNO4. The quantitative estimate of drug-likeness (QED) is 0.922. The van der Waals surface area contributed by atoms with E-state index in [2.05, 4.69) is 0 Å². The minimum absolute atomic E-state index is 0.0401. The molecule has 2 rings (SSSR count). The summed E-state index contributed by atoms with van der Waals surface area (Å²) in [6, 6.07) is 9.06. The van der Waals surface area contributed by atoms with Crippen LogP contribution in [0.3, 0.4) is 0 Å². The second-order valence-corrected chi connectivity index (χ2v) is 5.07. The first-order chi connectivity index (χ1) is 10.4. The number of hydrogen-bond donors (Lipinski definition) is 1. The summed E-state index contributed by atoms with van der Waals surface area (Å²) in [5, 5.41) is 8.86. The summed E-state index contributed by atoms with van der Waals surface area (Å²) in [4.78, 5) is 24.3. The van der Waals surface area contributed by atoms with Crippen molar-refractivity contribution in [3.8, 4) is 11.3 Å². The van der Waals surface area contributed by atoms with E-state index in [0.717, 1.165) is 0 Å². The van der Waals surface area contributed by atoms with Gasteiger partial charge in [0.15, 0.2) is 5.76 Å². The zero-order chi connectivity index (χ0) is 16.3. The van der Waals surface area contributed by atoms with Gasteiger partial charge < -0.3 is 14.4 Å². The molecule has 22 heavy (non-hydrogen) atoms. The fourth-order valence-corrected chi connectivity index (χ4v) is 2.02. The van der Waals surface area contributed by atoms with E-state index in [-0.39, 0.29) is 23.6 Å². The average Bonchev–Trinajstić information content (AvgIpc) is 2.96. The normalized spacial score (nSPS) is 12.0. The van der Waals surface area contributed by atoms with Gasteiger partial charge in [0.2, 0.25) is 0 Å². The van der Waals surface area contributed by atoms with Crippen LogP contribution in [-0.2, 0) is 4.79 Å². The summed E-state index contributed by atoms with van der Waals surface area (Å²) in [5.41, 5.74) is 0.267. The first kappa shape index (κ1) is 15.8. The third-order valence-corrected chi connectivity index (χ3v) is 3.27. The topological polar surface area (TPSA) is 70.8 Å². The Hall–Kier alpha value is -2.63. The molecule has 1 N–H and O–H groups in total. The van der Waals surface area contributed by atoms with Crippen molar-refractivity contribution < 1.29 is 23.5 Å². The van der Waals surface area contributed by atoms with Crippen molar-refractivity contribution in [3.63, 3.8) is 0 Å². The second kappa shape index (κ2) is 6.43. The highest BCUT2D eigenvalue weighted by molar-refractivity contribution is 5.92. The Morgan fingerprint density at radius 3 is 2.59 bits per heavy atom. The molecule has 1 unspecified atom stereocenters. The van der Waals surface area contributed by atoms with Crippen LogP contribution in [0.25, 0.3) is 11.3 Å². The van der Waals surface area contributed by atoms with Crippen LogP contribution in [0.15, 0.2) is 40.8 Å². The van der Waals surface area contributed by atoms with Crippen molar-refractivity contribution in [2.75, 3.05) is 13.6 Å². The molecule has 0 fully saturated rings. The molecule has 0 spiro atoms. The Labute approximate surface area is 127 Å². The predicted molar refractivity (Wildman–Crippen MR) is 77.9 cm³/mol. The third kappa shape index (κ3) is 3.33. The fourth-order valence-electron chi connectivity index (χ4n) is 2.02. The molecule has 0 saturated heterocycles. The smallest absolute Gasteiger partial charge is 0.308 e. The van der Waals surface area contributed by atoms with Crippen LogP contribution in [0, 0.1) is 11.7 Å². The highest BCUT2D eigenvalue weighted by Crippen LogP contribution is 2.25. The van der Waals surface area contributed by atoms with Gasteiger partial charge in [0, 0.05) is 13.6 Å². The molecular weight excluding hydrogens is 289 g/mol. The van der Waals surface area contributed by atoms with E-state index in [0.29, 0.717) is 0 Å². The number of aliphatic carboxylic acids is 1. The summed E-state index contributed by atoms with van der Waals surface area (Å²) >= 11 is 0. The first-order valence-corrected chi connectivity index (χ1v) is 6.73. The third-order valence-electron chi connectivity index (χ3n) is 3.27. The maximum absolute atomic E-state index is 13.7. The standard InChI is InChI=1S/C16H16FNO4/c1-10(16(20)21)9-18(2)15(19)14-8-7-13(22-14)11-5-3-4-6-12(11)17/h3-8,10H,9H2,1-2H3,(H,20,21). The van der Waals surface area contributed by atoms with E-state index in [1.165, 1.54) is 37.1 Å². The van der Waals surface area contributed by atoms with E-state index in [1.807, 2.05) is 0 Å². The van der Waals surface area contributed by atoms with E-state index < -0.39 is 23.6 Å². The average molecular weight is 305 g/mol. The Kier molecular flexibility index (Phi) is 4.60. The lowest BCUT2D eigenvalue weighted by molar-refractivity contribution is -0.141. The number of carbonyl (C=O) groups is 2. The van der Waals surface area contributed by atoms with Crippen LogP contribution in [0.1, 0.15) is 17.5 Å². The van der Waals surface area contributed by atoms with Crippen molar-refractivity contribution in [1.82, 2.24) is 4.90 Å². The summed E-state index contributed by atoms with van der Waals surface area (Å²) < 4.78 is 19.1. The van der Waals surface area contributed by atoms with Gasteiger partial charge in [0.1, 0.15) is 11.6 Å². The van der Waals surface area contributed by atoms with Crippen molar-refractivity contribution in [1.29, 1.82) is 0 Å². The molecule has 0 aliphatic carbocycles. The molecule has 1 atom stereocenters. The van der Waals surface area contributed by atoms with Crippen molar-refractivity contribution >= 4 is 11.9 Å². The van der Waals surface area contributed by atoms with Gasteiger partial charge in [-0.1, -0.05) is 19.1 Å². The lowest BCUT2D eigenvalue weighted by Crippen LogP contribution is -2.33. The number of hydrogen-bond acceptors (Lipinski definition) is 3. The lowest BCUT2D eigenvalue weighted by Gasteiger charge is -2.18. The number of nitrogens with zero attached hydrogens (tertiary/aromatic N) is 1. The molecule has 5 nitrogen and oxygen atoms in total. The van der Waals surface area contributed by atoms with Crippen molar-refractivity contribution in [2.45, 2.75) is 6.92 Å². The number of amides is 1. The molecule has 1 aromatic carbocycles. The summed E-state index contributed by atoms with van der Waals surface area (Å²) in [5.74, 6) is -2.26. The molecule has 116 valence electrons. The van der Waals surface area contributed by atoms with Crippen LogP contribution >= 0.6 is 0 Å². The van der Waals surface area contributed by atoms with Crippen molar-refractivity contribution in [3.05, 3.63) is 48.0 Å². The number of halogens is 1. The number of carboxylic acids is 1. The van der Waals surface area contributed by atoms with E-state index in [1.54, 1.807) is 18.2 Å². The number of rotatable bonds is 5. The Morgan fingerprint density at radius 2 is 1.95 bits per heavy atom. The fraction of sp³-hybridized carbons (Fsp3) is 0.250. The van der Waals surface area contributed by atoms with Gasteiger partial charge >= 0.3 is 5.97 Å². The highest BCUT2D eigenvalue weighted by Gasteiger charge is 2.21. The summed E-state index contributed by atoms with van der Waals surface area (Å²) in [6.45, 7) is 1.57. The van der Waals surface area contributed by atoms with E-state index in [4.69, 9.17) is 9.52 Å². The van der Waals surface area contributed by atoms with E-state index >= 15 is 0 Å². The van der Waals surface area contributed by atoms with Crippen LogP contribution in [-0.4, -0.2) is 35.5 Å². The molecule has 2 aromatic rings. The van der Waals surface area contributed by atoms with Gasteiger partial charge in [0.25, 0.3) is 5.91 Å². The molecule has 0 aliphatic heterocycles. The van der Waals surface area contributed by atoms with Gasteiger partial charge in [-0.25, -0.2) is 4.39 Å². The summed E-state index contributed by atoms with van der Waals surface area (Å²) in [7, 11) is 1.49. The minimum Gasteiger partial charge on any atom is -0.481 e. The lowest BCUT2D eigenvalue weighted by atomic mass is 10.1. The van der Waals surface area contributed by atoms with Gasteiger partial charge in [-0.3, -0.25) is 9.59 Å². The first-order valence-electron chi connectivity index (χ1n) is 6.73. The number of carboxylic acid groups (broad SMARTS) is 1. The number of carbonyl (C=O) groups excluding carboxylic acids is 1. The molecule has 0 bridgehead atoms. The summed E-state index contributed by atoms with van der Waals surface area (Å²) in [6.07, 6.45) is 0. The molecule has 1 heterocycles. The highest BCUT2D eigenvalue weighted by atomic mass is 19.1. The van der Waals surface area contributed by atoms with Gasteiger partial charge in [-0.2, -0.15) is 0 Å². The van der Waals surface area contributed by atoms with Crippen LogP contribution < -0.4 is 0 Å². The largest absolute Gasteiger partial charge is 0.481 e. The Balaban J connectivity index is 2.16.